The van der Waals surface area contributed by atoms with E-state index in [9.17, 15) is 9.59 Å². The van der Waals surface area contributed by atoms with Gasteiger partial charge in [-0.3, -0.25) is 9.59 Å². The molecule has 3 rings (SSSR count). The zero-order valence-electron chi connectivity index (χ0n) is 18.7. The van der Waals surface area contributed by atoms with Crippen LogP contribution in [0.1, 0.15) is 43.1 Å². The molecule has 166 valence electrons. The van der Waals surface area contributed by atoms with Crippen molar-refractivity contribution >= 4 is 17.5 Å². The molecule has 0 saturated carbocycles. The molecule has 2 aromatic rings. The van der Waals surface area contributed by atoms with Gasteiger partial charge in [0.05, 0.1) is 14.2 Å². The van der Waals surface area contributed by atoms with Crippen LogP contribution in [0.25, 0.3) is 0 Å². The van der Waals surface area contributed by atoms with Gasteiger partial charge in [0.2, 0.25) is 0 Å². The SMILES string of the molecule is CCC1Oc2ccc(NC(=O)c3cc(OC)cc(OC)c3)cc2CN(CC(C)C)C1=O. The minimum absolute atomic E-state index is 0.00135. The summed E-state index contributed by atoms with van der Waals surface area (Å²) in [5.74, 6) is 1.80. The summed E-state index contributed by atoms with van der Waals surface area (Å²) in [5.41, 5.74) is 1.91. The summed E-state index contributed by atoms with van der Waals surface area (Å²) in [7, 11) is 3.08. The summed E-state index contributed by atoms with van der Waals surface area (Å²) in [6, 6.07) is 10.5. The van der Waals surface area contributed by atoms with E-state index in [1.165, 1.54) is 14.2 Å². The third kappa shape index (κ3) is 5.29. The summed E-state index contributed by atoms with van der Waals surface area (Å²) < 4.78 is 16.5. The summed E-state index contributed by atoms with van der Waals surface area (Å²) in [5, 5.41) is 2.91. The Morgan fingerprint density at radius 3 is 2.42 bits per heavy atom. The first-order chi connectivity index (χ1) is 14.8. The Balaban J connectivity index is 1.86. The van der Waals surface area contributed by atoms with Gasteiger partial charge in [-0.15, -0.1) is 0 Å². The monoisotopic (exact) mass is 426 g/mol. The van der Waals surface area contributed by atoms with Gasteiger partial charge in [0.15, 0.2) is 6.10 Å². The molecular weight excluding hydrogens is 396 g/mol. The number of nitrogens with zero attached hydrogens (tertiary/aromatic N) is 1. The quantitative estimate of drug-likeness (QED) is 0.721. The van der Waals surface area contributed by atoms with E-state index in [-0.39, 0.29) is 11.8 Å². The van der Waals surface area contributed by atoms with Crippen molar-refractivity contribution in [3.05, 3.63) is 47.5 Å². The maximum atomic E-state index is 12.9. The van der Waals surface area contributed by atoms with E-state index >= 15 is 0 Å². The molecule has 7 nitrogen and oxygen atoms in total. The molecule has 1 aliphatic rings. The predicted molar refractivity (Wildman–Crippen MR) is 119 cm³/mol. The van der Waals surface area contributed by atoms with Crippen LogP contribution >= 0.6 is 0 Å². The van der Waals surface area contributed by atoms with Crippen LogP contribution in [-0.2, 0) is 11.3 Å². The second kappa shape index (κ2) is 9.73. The van der Waals surface area contributed by atoms with Crippen molar-refractivity contribution in [2.24, 2.45) is 5.92 Å². The van der Waals surface area contributed by atoms with Gasteiger partial charge in [0.25, 0.3) is 11.8 Å². The second-order valence-corrected chi connectivity index (χ2v) is 8.01. The molecule has 2 aromatic carbocycles. The number of nitrogens with one attached hydrogen (secondary N) is 1. The number of anilines is 1. The fourth-order valence-electron chi connectivity index (χ4n) is 3.58. The van der Waals surface area contributed by atoms with Gasteiger partial charge in [-0.1, -0.05) is 20.8 Å². The van der Waals surface area contributed by atoms with Crippen molar-refractivity contribution < 1.29 is 23.8 Å². The molecule has 1 unspecified atom stereocenters. The summed E-state index contributed by atoms with van der Waals surface area (Å²) in [4.78, 5) is 27.5. The molecule has 31 heavy (non-hydrogen) atoms. The van der Waals surface area contributed by atoms with E-state index in [1.54, 1.807) is 24.3 Å². The van der Waals surface area contributed by atoms with Gasteiger partial charge in [-0.25, -0.2) is 0 Å². The topological polar surface area (TPSA) is 77.1 Å². The average molecular weight is 427 g/mol. The number of methoxy groups -OCH3 is 2. The summed E-state index contributed by atoms with van der Waals surface area (Å²) >= 11 is 0. The zero-order valence-corrected chi connectivity index (χ0v) is 18.7. The van der Waals surface area contributed by atoms with Gasteiger partial charge in [-0.05, 0) is 42.7 Å². The van der Waals surface area contributed by atoms with Crippen LogP contribution in [0.4, 0.5) is 5.69 Å². The van der Waals surface area contributed by atoms with Crippen molar-refractivity contribution in [1.82, 2.24) is 4.90 Å². The molecule has 0 spiro atoms. The average Bonchev–Trinajstić information content (AvgIpc) is 2.89. The van der Waals surface area contributed by atoms with Crippen molar-refractivity contribution in [3.63, 3.8) is 0 Å². The lowest BCUT2D eigenvalue weighted by Crippen LogP contribution is -2.41. The highest BCUT2D eigenvalue weighted by Gasteiger charge is 2.30. The van der Waals surface area contributed by atoms with Gasteiger partial charge < -0.3 is 24.4 Å². The number of fused-ring (bicyclic) bond motifs is 1. The lowest BCUT2D eigenvalue weighted by Gasteiger charge is -2.24. The molecule has 0 bridgehead atoms. The molecule has 0 fully saturated rings. The van der Waals surface area contributed by atoms with E-state index < -0.39 is 6.10 Å². The third-order valence-electron chi connectivity index (χ3n) is 5.11. The van der Waals surface area contributed by atoms with Crippen LogP contribution in [0.15, 0.2) is 36.4 Å². The van der Waals surface area contributed by atoms with Crippen molar-refractivity contribution in [1.29, 1.82) is 0 Å². The Hall–Kier alpha value is -3.22. The molecule has 0 aromatic heterocycles. The molecule has 0 aliphatic carbocycles. The second-order valence-electron chi connectivity index (χ2n) is 8.01. The Labute approximate surface area is 183 Å². The number of rotatable bonds is 7. The Bertz CT molecular complexity index is 935. The number of carbonyl (C=O) groups is 2. The number of benzene rings is 2. The van der Waals surface area contributed by atoms with Crippen LogP contribution in [0.3, 0.4) is 0 Å². The van der Waals surface area contributed by atoms with E-state index in [4.69, 9.17) is 14.2 Å². The van der Waals surface area contributed by atoms with E-state index in [0.29, 0.717) is 53.9 Å². The minimum atomic E-state index is -0.496. The predicted octanol–water partition coefficient (Wildman–Crippen LogP) is 4.11. The molecule has 0 saturated heterocycles. The lowest BCUT2D eigenvalue weighted by atomic mass is 10.1. The highest BCUT2D eigenvalue weighted by Crippen LogP contribution is 2.30. The highest BCUT2D eigenvalue weighted by atomic mass is 16.5. The summed E-state index contributed by atoms with van der Waals surface area (Å²) in [6.45, 7) is 7.20. The number of hydrogen-bond donors (Lipinski definition) is 1. The first-order valence-corrected chi connectivity index (χ1v) is 10.5. The Kier molecular flexibility index (Phi) is 7.05. The van der Waals surface area contributed by atoms with Crippen LogP contribution in [0.2, 0.25) is 0 Å². The van der Waals surface area contributed by atoms with Crippen LogP contribution in [0.5, 0.6) is 17.2 Å². The van der Waals surface area contributed by atoms with Crippen molar-refractivity contribution in [3.8, 4) is 17.2 Å². The Morgan fingerprint density at radius 2 is 1.84 bits per heavy atom. The van der Waals surface area contributed by atoms with Crippen LogP contribution < -0.4 is 19.5 Å². The molecule has 2 amide bonds. The molecule has 1 aliphatic heterocycles. The lowest BCUT2D eigenvalue weighted by molar-refractivity contribution is -0.139. The highest BCUT2D eigenvalue weighted by molar-refractivity contribution is 6.05. The van der Waals surface area contributed by atoms with Gasteiger partial charge in [0, 0.05) is 36.0 Å². The van der Waals surface area contributed by atoms with Crippen molar-refractivity contribution in [2.45, 2.75) is 39.8 Å². The van der Waals surface area contributed by atoms with Gasteiger partial charge in [-0.2, -0.15) is 0 Å². The van der Waals surface area contributed by atoms with E-state index in [0.717, 1.165) is 5.56 Å². The smallest absolute Gasteiger partial charge is 0.263 e. The number of carbonyl (C=O) groups excluding carboxylic acids is 2. The number of hydrogen-bond acceptors (Lipinski definition) is 5. The molecular formula is C24H30N2O5. The fourth-order valence-corrected chi connectivity index (χ4v) is 3.58. The van der Waals surface area contributed by atoms with Gasteiger partial charge >= 0.3 is 0 Å². The normalized spacial score (nSPS) is 15.7. The minimum Gasteiger partial charge on any atom is -0.497 e. The molecule has 7 heteroatoms. The molecule has 1 atom stereocenters. The maximum absolute atomic E-state index is 12.9. The van der Waals surface area contributed by atoms with Crippen molar-refractivity contribution in [2.75, 3.05) is 26.1 Å². The first-order valence-electron chi connectivity index (χ1n) is 10.5. The number of amides is 2. The maximum Gasteiger partial charge on any atom is 0.263 e. The zero-order chi connectivity index (χ0) is 22.5. The largest absolute Gasteiger partial charge is 0.497 e. The van der Waals surface area contributed by atoms with Gasteiger partial charge in [0.1, 0.15) is 17.2 Å². The number of ether oxygens (including phenoxy) is 3. The molecule has 1 N–H and O–H groups in total. The first kappa shape index (κ1) is 22.5. The Morgan fingerprint density at radius 1 is 1.16 bits per heavy atom. The summed E-state index contributed by atoms with van der Waals surface area (Å²) in [6.07, 6.45) is 0.105. The molecule has 1 heterocycles. The molecule has 0 radical (unpaired) electrons. The standard InChI is InChI=1S/C24H30N2O5/c1-6-21-24(28)26(13-15(2)3)14-17-9-18(7-8-22(17)31-21)25-23(27)16-10-19(29-4)12-20(11-16)30-5/h7-12,15,21H,6,13-14H2,1-5H3,(H,25,27). The fraction of sp³-hybridized carbons (Fsp3) is 0.417. The van der Waals surface area contributed by atoms with Crippen LogP contribution in [0, 0.1) is 5.92 Å². The van der Waals surface area contributed by atoms with E-state index in [1.807, 2.05) is 24.0 Å². The third-order valence-corrected chi connectivity index (χ3v) is 5.11. The van der Waals surface area contributed by atoms with Crippen LogP contribution in [-0.4, -0.2) is 43.6 Å². The van der Waals surface area contributed by atoms with E-state index in [2.05, 4.69) is 19.2 Å².